The smallest absolute Gasteiger partial charge is 0.225 e. The van der Waals surface area contributed by atoms with Gasteiger partial charge in [0.2, 0.25) is 5.79 Å². The first-order chi connectivity index (χ1) is 13.9. The summed E-state index contributed by atoms with van der Waals surface area (Å²) in [5.41, 5.74) is 3.68. The Balaban J connectivity index is 1.71. The summed E-state index contributed by atoms with van der Waals surface area (Å²) in [6.45, 7) is 1.65. The average Bonchev–Trinajstić information content (AvgIpc) is 3.13. The van der Waals surface area contributed by atoms with Gasteiger partial charge in [-0.05, 0) is 34.7 Å². The number of rotatable bonds is 4. The molecule has 7 nitrogen and oxygen atoms in total. The predicted molar refractivity (Wildman–Crippen MR) is 103 cm³/mol. The minimum atomic E-state index is -1.72. The van der Waals surface area contributed by atoms with Gasteiger partial charge in [0.05, 0.1) is 13.2 Å². The van der Waals surface area contributed by atoms with Gasteiger partial charge in [0.1, 0.15) is 30.5 Å². The number of aryl methyl sites for hydroxylation is 1. The number of aliphatic hydroxyl groups is 5. The van der Waals surface area contributed by atoms with Crippen molar-refractivity contribution in [3.05, 3.63) is 70.3 Å². The van der Waals surface area contributed by atoms with Crippen molar-refractivity contribution in [2.45, 2.75) is 56.3 Å². The molecule has 0 aromatic heterocycles. The van der Waals surface area contributed by atoms with E-state index in [1.54, 1.807) is 18.2 Å². The highest BCUT2D eigenvalue weighted by Crippen LogP contribution is 2.46. The summed E-state index contributed by atoms with van der Waals surface area (Å²) in [4.78, 5) is 0. The summed E-state index contributed by atoms with van der Waals surface area (Å²) >= 11 is 0. The van der Waals surface area contributed by atoms with Crippen LogP contribution in [-0.4, -0.2) is 56.6 Å². The van der Waals surface area contributed by atoms with E-state index < -0.39 is 42.9 Å². The maximum Gasteiger partial charge on any atom is 0.225 e. The van der Waals surface area contributed by atoms with Gasteiger partial charge < -0.3 is 35.0 Å². The zero-order valence-corrected chi connectivity index (χ0v) is 16.1. The molecule has 1 fully saturated rings. The lowest BCUT2D eigenvalue weighted by atomic mass is 9.86. The molecule has 2 aliphatic heterocycles. The molecule has 6 atom stereocenters. The highest BCUT2D eigenvalue weighted by molar-refractivity contribution is 5.42. The molecule has 0 unspecified atom stereocenters. The van der Waals surface area contributed by atoms with Gasteiger partial charge in [-0.3, -0.25) is 0 Å². The summed E-state index contributed by atoms with van der Waals surface area (Å²) < 4.78 is 11.5. The van der Waals surface area contributed by atoms with Gasteiger partial charge in [-0.2, -0.15) is 0 Å². The SMILES string of the molecule is CCc1ccc([C@H](O)c2ccc3c(c2)[C@]2(OC3)O[C@H](CO)[C@@H](O)[C@H](O)[C@H]2O)cc1. The summed E-state index contributed by atoms with van der Waals surface area (Å²) in [6.07, 6.45) is -5.66. The number of aliphatic hydroxyl groups excluding tert-OH is 5. The number of benzene rings is 2. The second kappa shape index (κ2) is 7.77. The standard InChI is InChI=1S/C22H26O7/c1-2-12-3-5-13(6-4-12)18(24)14-7-8-15-11-28-22(16(15)9-14)21(27)20(26)19(25)17(10-23)29-22/h3-9,17-21,23-27H,2,10-11H2,1H3/t17-,18+,19-,20+,21-,22+/m1/s1. The Morgan fingerprint density at radius 2 is 1.72 bits per heavy atom. The van der Waals surface area contributed by atoms with Crippen LogP contribution in [0, 0.1) is 0 Å². The summed E-state index contributed by atoms with van der Waals surface area (Å²) in [7, 11) is 0. The molecule has 0 bridgehead atoms. The van der Waals surface area contributed by atoms with E-state index >= 15 is 0 Å². The van der Waals surface area contributed by atoms with Crippen LogP contribution in [0.3, 0.4) is 0 Å². The van der Waals surface area contributed by atoms with Gasteiger partial charge in [-0.1, -0.05) is 43.3 Å². The van der Waals surface area contributed by atoms with Crippen LogP contribution >= 0.6 is 0 Å². The third-order valence-electron chi connectivity index (χ3n) is 5.92. The molecule has 0 aliphatic carbocycles. The third kappa shape index (κ3) is 3.29. The molecule has 29 heavy (non-hydrogen) atoms. The number of hydrogen-bond donors (Lipinski definition) is 5. The zero-order chi connectivity index (χ0) is 20.8. The Labute approximate surface area is 168 Å². The first-order valence-electron chi connectivity index (χ1n) is 9.78. The normalized spacial score (nSPS) is 32.3. The molecular formula is C22H26O7. The molecule has 2 aromatic carbocycles. The predicted octanol–water partition coefficient (Wildman–Crippen LogP) is 0.487. The Morgan fingerprint density at radius 1 is 1.03 bits per heavy atom. The third-order valence-corrected chi connectivity index (χ3v) is 5.92. The van der Waals surface area contributed by atoms with Crippen LogP contribution in [0.1, 0.15) is 40.8 Å². The molecule has 1 saturated heterocycles. The number of fused-ring (bicyclic) bond motifs is 2. The molecule has 7 heteroatoms. The van der Waals surface area contributed by atoms with Crippen molar-refractivity contribution in [2.24, 2.45) is 0 Å². The first-order valence-corrected chi connectivity index (χ1v) is 9.78. The lowest BCUT2D eigenvalue weighted by Crippen LogP contribution is -2.63. The second-order valence-corrected chi connectivity index (χ2v) is 7.64. The molecule has 2 heterocycles. The molecule has 0 radical (unpaired) electrons. The Kier molecular flexibility index (Phi) is 5.48. The van der Waals surface area contributed by atoms with Crippen LogP contribution in [0.5, 0.6) is 0 Å². The van der Waals surface area contributed by atoms with Crippen LogP contribution < -0.4 is 0 Å². The lowest BCUT2D eigenvalue weighted by molar-refractivity contribution is -0.368. The molecule has 2 aromatic rings. The minimum Gasteiger partial charge on any atom is -0.394 e. The van der Waals surface area contributed by atoms with E-state index in [0.29, 0.717) is 11.1 Å². The lowest BCUT2D eigenvalue weighted by Gasteiger charge is -2.46. The monoisotopic (exact) mass is 402 g/mol. The summed E-state index contributed by atoms with van der Waals surface area (Å²) in [5.74, 6) is -1.72. The largest absolute Gasteiger partial charge is 0.394 e. The maximum absolute atomic E-state index is 10.9. The first kappa shape index (κ1) is 20.4. The molecular weight excluding hydrogens is 376 g/mol. The van der Waals surface area contributed by atoms with Gasteiger partial charge in [-0.25, -0.2) is 0 Å². The molecule has 5 N–H and O–H groups in total. The summed E-state index contributed by atoms with van der Waals surface area (Å²) in [5, 5.41) is 51.4. The molecule has 0 amide bonds. The van der Waals surface area contributed by atoms with Crippen LogP contribution in [-0.2, 0) is 28.3 Å². The van der Waals surface area contributed by atoms with E-state index in [4.69, 9.17) is 9.47 Å². The quantitative estimate of drug-likeness (QED) is 0.505. The fourth-order valence-corrected chi connectivity index (χ4v) is 4.09. The Bertz CT molecular complexity index is 866. The topological polar surface area (TPSA) is 120 Å². The van der Waals surface area contributed by atoms with Crippen LogP contribution in [0.4, 0.5) is 0 Å². The molecule has 4 rings (SSSR count). The molecule has 1 spiro atoms. The van der Waals surface area contributed by atoms with Gasteiger partial charge in [0, 0.05) is 5.56 Å². The zero-order valence-electron chi connectivity index (χ0n) is 16.1. The average molecular weight is 402 g/mol. The Morgan fingerprint density at radius 3 is 2.38 bits per heavy atom. The van der Waals surface area contributed by atoms with Crippen molar-refractivity contribution >= 4 is 0 Å². The van der Waals surface area contributed by atoms with Crippen LogP contribution in [0.15, 0.2) is 42.5 Å². The van der Waals surface area contributed by atoms with Gasteiger partial charge >= 0.3 is 0 Å². The van der Waals surface area contributed by atoms with Crippen molar-refractivity contribution in [1.82, 2.24) is 0 Å². The van der Waals surface area contributed by atoms with E-state index in [9.17, 15) is 25.5 Å². The van der Waals surface area contributed by atoms with E-state index in [1.807, 2.05) is 24.3 Å². The highest BCUT2D eigenvalue weighted by Gasteiger charge is 2.58. The van der Waals surface area contributed by atoms with Crippen molar-refractivity contribution < 1.29 is 35.0 Å². The van der Waals surface area contributed by atoms with Gasteiger partial charge in [-0.15, -0.1) is 0 Å². The number of ether oxygens (including phenoxy) is 2. The fourth-order valence-electron chi connectivity index (χ4n) is 4.09. The minimum absolute atomic E-state index is 0.134. The second-order valence-electron chi connectivity index (χ2n) is 7.64. The van der Waals surface area contributed by atoms with E-state index in [2.05, 4.69) is 6.92 Å². The summed E-state index contributed by atoms with van der Waals surface area (Å²) in [6, 6.07) is 12.9. The van der Waals surface area contributed by atoms with Crippen LogP contribution in [0.2, 0.25) is 0 Å². The molecule has 2 aliphatic rings. The number of hydrogen-bond acceptors (Lipinski definition) is 7. The molecule has 156 valence electrons. The van der Waals surface area contributed by atoms with Crippen molar-refractivity contribution in [2.75, 3.05) is 6.61 Å². The molecule has 0 saturated carbocycles. The fraction of sp³-hybridized carbons (Fsp3) is 0.455. The Hall–Kier alpha value is -1.84. The maximum atomic E-state index is 10.9. The highest BCUT2D eigenvalue weighted by atomic mass is 16.7. The van der Waals surface area contributed by atoms with E-state index in [-0.39, 0.29) is 6.61 Å². The van der Waals surface area contributed by atoms with Gasteiger partial charge in [0.15, 0.2) is 0 Å². The van der Waals surface area contributed by atoms with E-state index in [0.717, 1.165) is 17.5 Å². The van der Waals surface area contributed by atoms with Crippen LogP contribution in [0.25, 0.3) is 0 Å². The van der Waals surface area contributed by atoms with Crippen molar-refractivity contribution in [1.29, 1.82) is 0 Å². The van der Waals surface area contributed by atoms with E-state index in [1.165, 1.54) is 5.56 Å². The van der Waals surface area contributed by atoms with Gasteiger partial charge in [0.25, 0.3) is 0 Å². The van der Waals surface area contributed by atoms with Crippen molar-refractivity contribution in [3.63, 3.8) is 0 Å². The van der Waals surface area contributed by atoms with Crippen molar-refractivity contribution in [3.8, 4) is 0 Å².